The summed E-state index contributed by atoms with van der Waals surface area (Å²) < 4.78 is 28.2. The maximum atomic E-state index is 12.9. The van der Waals surface area contributed by atoms with E-state index in [9.17, 15) is 13.2 Å². The lowest BCUT2D eigenvalue weighted by Crippen LogP contribution is -2.43. The molecule has 28 heavy (non-hydrogen) atoms. The number of thiophene rings is 1. The fourth-order valence-corrected chi connectivity index (χ4v) is 7.07. The standard InChI is InChI=1S/C19H18BrN3O3S2/c20-16-8-9-17(27-16)28(25,26)23-11-3-6-14(12-23)19(24)22-15-7-1-4-13-5-2-10-21-18(13)15/h1-2,4-5,7-10,14H,3,6,11-12H2,(H,22,24). The fourth-order valence-electron chi connectivity index (χ4n) is 3.38. The number of nitrogens with one attached hydrogen (secondary N) is 1. The van der Waals surface area contributed by atoms with E-state index >= 15 is 0 Å². The molecule has 0 spiro atoms. The summed E-state index contributed by atoms with van der Waals surface area (Å²) in [7, 11) is -3.59. The Morgan fingerprint density at radius 2 is 2.04 bits per heavy atom. The SMILES string of the molecule is O=C(Nc1cccc2cccnc12)C1CCCN(S(=O)(=O)c2ccc(Br)s2)C1. The summed E-state index contributed by atoms with van der Waals surface area (Å²) >= 11 is 4.49. The first-order valence-corrected chi connectivity index (χ1v) is 11.9. The number of hydrogen-bond donors (Lipinski definition) is 1. The molecule has 1 aliphatic rings. The molecule has 1 aromatic carbocycles. The Balaban J connectivity index is 1.52. The highest BCUT2D eigenvalue weighted by Gasteiger charge is 2.34. The molecule has 1 unspecified atom stereocenters. The molecule has 6 nitrogen and oxygen atoms in total. The zero-order valence-electron chi connectivity index (χ0n) is 14.8. The smallest absolute Gasteiger partial charge is 0.252 e. The van der Waals surface area contributed by atoms with Gasteiger partial charge in [-0.25, -0.2) is 8.42 Å². The van der Waals surface area contributed by atoms with Crippen molar-refractivity contribution in [3.05, 3.63) is 52.4 Å². The van der Waals surface area contributed by atoms with Crippen LogP contribution in [0.4, 0.5) is 5.69 Å². The predicted octanol–water partition coefficient (Wildman–Crippen LogP) is 4.10. The van der Waals surface area contributed by atoms with E-state index in [1.165, 1.54) is 15.6 Å². The van der Waals surface area contributed by atoms with Gasteiger partial charge in [-0.1, -0.05) is 18.2 Å². The van der Waals surface area contributed by atoms with Crippen LogP contribution in [0.5, 0.6) is 0 Å². The van der Waals surface area contributed by atoms with Gasteiger partial charge in [0.05, 0.1) is 20.9 Å². The highest BCUT2D eigenvalue weighted by atomic mass is 79.9. The molecule has 1 saturated heterocycles. The second-order valence-corrected chi connectivity index (χ2v) is 11.3. The monoisotopic (exact) mass is 479 g/mol. The van der Waals surface area contributed by atoms with E-state index in [1.807, 2.05) is 30.3 Å². The number of anilines is 1. The average molecular weight is 480 g/mol. The number of hydrogen-bond acceptors (Lipinski definition) is 5. The van der Waals surface area contributed by atoms with Gasteiger partial charge in [0, 0.05) is 24.7 Å². The summed E-state index contributed by atoms with van der Waals surface area (Å²) in [5, 5.41) is 3.88. The molecule has 0 saturated carbocycles. The Labute approximate surface area is 175 Å². The Kier molecular flexibility index (Phi) is 5.50. The number of piperidine rings is 1. The molecule has 3 heterocycles. The van der Waals surface area contributed by atoms with Crippen molar-refractivity contribution < 1.29 is 13.2 Å². The summed E-state index contributed by atoms with van der Waals surface area (Å²) in [5.74, 6) is -0.573. The molecule has 1 atom stereocenters. The molecule has 1 N–H and O–H groups in total. The quantitative estimate of drug-likeness (QED) is 0.610. The van der Waals surface area contributed by atoms with Crippen LogP contribution in [-0.4, -0.2) is 36.7 Å². The predicted molar refractivity (Wildman–Crippen MR) is 114 cm³/mol. The largest absolute Gasteiger partial charge is 0.324 e. The average Bonchev–Trinajstić information content (AvgIpc) is 3.15. The van der Waals surface area contributed by atoms with Gasteiger partial charge in [0.2, 0.25) is 5.91 Å². The zero-order chi connectivity index (χ0) is 19.7. The van der Waals surface area contributed by atoms with Crippen LogP contribution < -0.4 is 5.32 Å². The lowest BCUT2D eigenvalue weighted by molar-refractivity contribution is -0.120. The van der Waals surface area contributed by atoms with E-state index in [0.717, 1.165) is 14.7 Å². The number of fused-ring (bicyclic) bond motifs is 1. The van der Waals surface area contributed by atoms with Gasteiger partial charge in [0.15, 0.2) is 0 Å². The van der Waals surface area contributed by atoms with Crippen LogP contribution in [0.3, 0.4) is 0 Å². The number of pyridine rings is 1. The van der Waals surface area contributed by atoms with Crippen molar-refractivity contribution in [1.29, 1.82) is 0 Å². The van der Waals surface area contributed by atoms with Gasteiger partial charge < -0.3 is 5.32 Å². The van der Waals surface area contributed by atoms with Gasteiger partial charge in [-0.15, -0.1) is 11.3 Å². The number of aromatic nitrogens is 1. The first-order chi connectivity index (χ1) is 13.4. The van der Waals surface area contributed by atoms with E-state index in [0.29, 0.717) is 29.3 Å². The number of benzene rings is 1. The second kappa shape index (κ2) is 7.90. The summed E-state index contributed by atoms with van der Waals surface area (Å²) in [4.78, 5) is 17.2. The van der Waals surface area contributed by atoms with Crippen molar-refractivity contribution in [1.82, 2.24) is 9.29 Å². The summed E-state index contributed by atoms with van der Waals surface area (Å²) in [6.45, 7) is 0.610. The number of sulfonamides is 1. The van der Waals surface area contributed by atoms with Crippen LogP contribution in [0.2, 0.25) is 0 Å². The number of rotatable bonds is 4. The van der Waals surface area contributed by atoms with Crippen molar-refractivity contribution in [2.75, 3.05) is 18.4 Å². The van der Waals surface area contributed by atoms with Gasteiger partial charge in [-0.05, 0) is 53.0 Å². The van der Waals surface area contributed by atoms with E-state index in [2.05, 4.69) is 26.2 Å². The maximum Gasteiger partial charge on any atom is 0.252 e. The van der Waals surface area contributed by atoms with Gasteiger partial charge in [0.1, 0.15) is 4.21 Å². The van der Waals surface area contributed by atoms with E-state index in [-0.39, 0.29) is 12.5 Å². The number of carbonyl (C=O) groups is 1. The molecule has 146 valence electrons. The Morgan fingerprint density at radius 1 is 1.21 bits per heavy atom. The molecule has 4 rings (SSSR count). The molecule has 0 aliphatic carbocycles. The Bertz CT molecular complexity index is 1120. The zero-order valence-corrected chi connectivity index (χ0v) is 18.1. The molecular weight excluding hydrogens is 462 g/mol. The van der Waals surface area contributed by atoms with Crippen LogP contribution in [0, 0.1) is 5.92 Å². The van der Waals surface area contributed by atoms with Gasteiger partial charge in [0.25, 0.3) is 10.0 Å². The van der Waals surface area contributed by atoms with Crippen LogP contribution in [0.15, 0.2) is 56.7 Å². The van der Waals surface area contributed by atoms with Crippen molar-refractivity contribution in [3.63, 3.8) is 0 Å². The molecule has 1 fully saturated rings. The highest BCUT2D eigenvalue weighted by molar-refractivity contribution is 9.11. The Hall–Kier alpha value is -1.81. The van der Waals surface area contributed by atoms with E-state index in [1.54, 1.807) is 18.3 Å². The molecule has 1 amide bonds. The molecule has 0 bridgehead atoms. The fraction of sp³-hybridized carbons (Fsp3) is 0.263. The number of para-hydroxylation sites is 1. The molecule has 2 aromatic heterocycles. The molecule has 0 radical (unpaired) electrons. The van der Waals surface area contributed by atoms with Crippen molar-refractivity contribution in [2.24, 2.45) is 5.92 Å². The summed E-state index contributed by atoms with van der Waals surface area (Å²) in [6, 6.07) is 12.7. The second-order valence-electron chi connectivity index (χ2n) is 6.63. The van der Waals surface area contributed by atoms with Crippen molar-refractivity contribution in [3.8, 4) is 0 Å². The minimum atomic E-state index is -3.59. The third-order valence-corrected chi connectivity index (χ3v) is 8.74. The molecule has 1 aliphatic heterocycles. The third kappa shape index (κ3) is 3.84. The van der Waals surface area contributed by atoms with E-state index < -0.39 is 15.9 Å². The summed E-state index contributed by atoms with van der Waals surface area (Å²) in [5.41, 5.74) is 1.37. The van der Waals surface area contributed by atoms with Gasteiger partial charge in [-0.2, -0.15) is 4.31 Å². The molecular formula is C19H18BrN3O3S2. The lowest BCUT2D eigenvalue weighted by atomic mass is 9.98. The molecule has 3 aromatic rings. The van der Waals surface area contributed by atoms with Crippen LogP contribution in [-0.2, 0) is 14.8 Å². The lowest BCUT2D eigenvalue weighted by Gasteiger charge is -2.30. The van der Waals surface area contributed by atoms with Crippen LogP contribution in [0.1, 0.15) is 12.8 Å². The minimum absolute atomic E-state index is 0.176. The minimum Gasteiger partial charge on any atom is -0.324 e. The van der Waals surface area contributed by atoms with Crippen molar-refractivity contribution >= 4 is 59.8 Å². The van der Waals surface area contributed by atoms with Gasteiger partial charge >= 0.3 is 0 Å². The topological polar surface area (TPSA) is 79.4 Å². The number of halogens is 1. The van der Waals surface area contributed by atoms with Gasteiger partial charge in [-0.3, -0.25) is 9.78 Å². The van der Waals surface area contributed by atoms with E-state index in [4.69, 9.17) is 0 Å². The Morgan fingerprint density at radius 3 is 2.82 bits per heavy atom. The van der Waals surface area contributed by atoms with Crippen LogP contribution >= 0.6 is 27.3 Å². The normalized spacial score (nSPS) is 18.2. The van der Waals surface area contributed by atoms with Crippen LogP contribution in [0.25, 0.3) is 10.9 Å². The molecule has 9 heteroatoms. The number of nitrogens with zero attached hydrogens (tertiary/aromatic N) is 2. The van der Waals surface area contributed by atoms with Crippen molar-refractivity contribution in [2.45, 2.75) is 17.1 Å². The maximum absolute atomic E-state index is 12.9. The first-order valence-electron chi connectivity index (χ1n) is 8.85. The highest BCUT2D eigenvalue weighted by Crippen LogP contribution is 2.31. The first kappa shape index (κ1) is 19.5. The summed E-state index contributed by atoms with van der Waals surface area (Å²) in [6.07, 6.45) is 2.99. The number of amides is 1. The third-order valence-electron chi connectivity index (χ3n) is 4.79. The number of carbonyl (C=O) groups excluding carboxylic acids is 1.